The molecule has 0 bridgehead atoms. The number of carbonyl (C=O) groups is 1. The van der Waals surface area contributed by atoms with Gasteiger partial charge in [-0.2, -0.15) is 0 Å². The second-order valence-corrected chi connectivity index (χ2v) is 7.33. The maximum Gasteiger partial charge on any atom is 0.258 e. The number of methoxy groups -OCH3 is 1. The summed E-state index contributed by atoms with van der Waals surface area (Å²) in [6.07, 6.45) is 3.77. The van der Waals surface area contributed by atoms with Crippen molar-refractivity contribution in [3.8, 4) is 0 Å². The van der Waals surface area contributed by atoms with E-state index in [4.69, 9.17) is 14.0 Å². The van der Waals surface area contributed by atoms with E-state index in [1.165, 1.54) is 0 Å². The number of nitrogens with zero attached hydrogens (tertiary/aromatic N) is 3. The van der Waals surface area contributed by atoms with Crippen molar-refractivity contribution >= 4 is 17.0 Å². The van der Waals surface area contributed by atoms with Gasteiger partial charge in [0.2, 0.25) is 0 Å². The monoisotopic (exact) mass is 359 g/mol. The Balaban J connectivity index is 1.57. The predicted octanol–water partition coefficient (Wildman–Crippen LogP) is 2.64. The summed E-state index contributed by atoms with van der Waals surface area (Å²) in [7, 11) is 1.75. The summed E-state index contributed by atoms with van der Waals surface area (Å²) in [5, 5.41) is 4.68. The van der Waals surface area contributed by atoms with E-state index in [1.807, 2.05) is 24.8 Å². The summed E-state index contributed by atoms with van der Waals surface area (Å²) in [5.74, 6) is 0.00595. The number of ether oxygens (including phenoxy) is 2. The highest BCUT2D eigenvalue weighted by atomic mass is 16.5. The topological polar surface area (TPSA) is 77.7 Å². The van der Waals surface area contributed by atoms with Gasteiger partial charge in [0.05, 0.1) is 28.3 Å². The number of aromatic nitrogens is 2. The molecule has 0 aliphatic carbocycles. The van der Waals surface area contributed by atoms with Gasteiger partial charge in [0.15, 0.2) is 0 Å². The van der Waals surface area contributed by atoms with Crippen LogP contribution in [0.3, 0.4) is 0 Å². The number of piperidine rings is 1. The summed E-state index contributed by atoms with van der Waals surface area (Å²) in [5.41, 5.74) is 2.24. The molecule has 140 valence electrons. The summed E-state index contributed by atoms with van der Waals surface area (Å²) in [6.45, 7) is 5.79. The Morgan fingerprint density at radius 1 is 1.35 bits per heavy atom. The van der Waals surface area contributed by atoms with E-state index in [-0.39, 0.29) is 17.6 Å². The number of hydrogen-bond donors (Lipinski definition) is 0. The quantitative estimate of drug-likeness (QED) is 0.820. The number of pyridine rings is 1. The minimum absolute atomic E-state index is 0.00595. The minimum Gasteiger partial charge on any atom is -0.378 e. The molecule has 0 radical (unpaired) electrons. The van der Waals surface area contributed by atoms with Crippen LogP contribution in [0.15, 0.2) is 10.6 Å². The lowest BCUT2D eigenvalue weighted by Gasteiger charge is -2.48. The SMILES string of the molecule is CO[C@@H]1CCCOC12CCN(C(=O)c1cc(C)nc3onc(C)c13)CC2. The molecule has 0 saturated carbocycles. The van der Waals surface area contributed by atoms with Crippen LogP contribution >= 0.6 is 0 Å². The molecule has 2 aliphatic rings. The maximum atomic E-state index is 13.2. The maximum absolute atomic E-state index is 13.2. The predicted molar refractivity (Wildman–Crippen MR) is 95.1 cm³/mol. The molecular formula is C19H25N3O4. The van der Waals surface area contributed by atoms with Crippen molar-refractivity contribution in [2.24, 2.45) is 0 Å². The summed E-state index contributed by atoms with van der Waals surface area (Å²) < 4.78 is 17.1. The van der Waals surface area contributed by atoms with Gasteiger partial charge >= 0.3 is 0 Å². The van der Waals surface area contributed by atoms with Gasteiger partial charge < -0.3 is 18.9 Å². The third-order valence-corrected chi connectivity index (χ3v) is 5.74. The van der Waals surface area contributed by atoms with Gasteiger partial charge in [-0.15, -0.1) is 0 Å². The Kier molecular flexibility index (Phi) is 4.44. The highest BCUT2D eigenvalue weighted by molar-refractivity contribution is 6.06. The van der Waals surface area contributed by atoms with Crippen molar-refractivity contribution in [3.05, 3.63) is 23.0 Å². The van der Waals surface area contributed by atoms with E-state index in [1.54, 1.807) is 7.11 Å². The summed E-state index contributed by atoms with van der Waals surface area (Å²) in [6, 6.07) is 1.83. The Labute approximate surface area is 152 Å². The molecule has 1 atom stereocenters. The van der Waals surface area contributed by atoms with Crippen LogP contribution in [-0.2, 0) is 9.47 Å². The molecule has 7 nitrogen and oxygen atoms in total. The average molecular weight is 359 g/mol. The number of carbonyl (C=O) groups excluding carboxylic acids is 1. The van der Waals surface area contributed by atoms with Gasteiger partial charge in [-0.3, -0.25) is 4.79 Å². The minimum atomic E-state index is -0.250. The van der Waals surface area contributed by atoms with Gasteiger partial charge in [-0.1, -0.05) is 5.16 Å². The third-order valence-electron chi connectivity index (χ3n) is 5.74. The molecular weight excluding hydrogens is 334 g/mol. The molecule has 2 aromatic rings. The largest absolute Gasteiger partial charge is 0.378 e. The van der Waals surface area contributed by atoms with Gasteiger partial charge in [0.1, 0.15) is 0 Å². The average Bonchev–Trinajstić information content (AvgIpc) is 3.02. The van der Waals surface area contributed by atoms with Gasteiger partial charge in [-0.25, -0.2) is 4.98 Å². The highest BCUT2D eigenvalue weighted by Crippen LogP contribution is 2.37. The van der Waals surface area contributed by atoms with Gasteiger partial charge in [-0.05, 0) is 45.6 Å². The van der Waals surface area contributed by atoms with Crippen molar-refractivity contribution in [2.75, 3.05) is 26.8 Å². The molecule has 0 unspecified atom stereocenters. The van der Waals surface area contributed by atoms with Crippen molar-refractivity contribution in [2.45, 2.75) is 51.2 Å². The number of aryl methyl sites for hydroxylation is 2. The van der Waals surface area contributed by atoms with Crippen LogP contribution in [0.1, 0.15) is 47.4 Å². The molecule has 7 heteroatoms. The van der Waals surface area contributed by atoms with Crippen LogP contribution in [0.5, 0.6) is 0 Å². The first-order valence-corrected chi connectivity index (χ1v) is 9.24. The third kappa shape index (κ3) is 2.79. The van der Waals surface area contributed by atoms with E-state index in [2.05, 4.69) is 10.1 Å². The van der Waals surface area contributed by atoms with E-state index in [0.29, 0.717) is 35.4 Å². The summed E-state index contributed by atoms with van der Waals surface area (Å²) in [4.78, 5) is 19.4. The molecule has 4 rings (SSSR count). The Bertz CT molecular complexity index is 824. The zero-order valence-corrected chi connectivity index (χ0v) is 15.6. The van der Waals surface area contributed by atoms with Crippen LogP contribution in [-0.4, -0.2) is 59.5 Å². The van der Waals surface area contributed by atoms with Gasteiger partial charge in [0, 0.05) is 32.5 Å². The van der Waals surface area contributed by atoms with Crippen molar-refractivity contribution < 1.29 is 18.8 Å². The molecule has 0 N–H and O–H groups in total. The molecule has 1 spiro atoms. The lowest BCUT2D eigenvalue weighted by molar-refractivity contribution is -0.183. The second kappa shape index (κ2) is 6.63. The van der Waals surface area contributed by atoms with Crippen LogP contribution in [0.4, 0.5) is 0 Å². The standard InChI is InChI=1S/C19H25N3O4/c1-12-11-14(16-13(2)21-26-17(16)20-12)18(23)22-8-6-19(7-9-22)15(24-3)5-4-10-25-19/h11,15H,4-10H2,1-3H3/t15-/m1/s1. The first-order valence-electron chi connectivity index (χ1n) is 9.24. The Morgan fingerprint density at radius 3 is 2.85 bits per heavy atom. The normalized spacial score (nSPS) is 22.9. The Morgan fingerprint density at radius 2 is 2.12 bits per heavy atom. The Hall–Kier alpha value is -1.99. The number of likely N-dealkylation sites (tertiary alicyclic amines) is 1. The molecule has 2 aromatic heterocycles. The van der Waals surface area contributed by atoms with Crippen LogP contribution < -0.4 is 0 Å². The van der Waals surface area contributed by atoms with Crippen molar-refractivity contribution in [1.82, 2.24) is 15.0 Å². The molecule has 26 heavy (non-hydrogen) atoms. The first kappa shape index (κ1) is 17.4. The highest BCUT2D eigenvalue weighted by Gasteiger charge is 2.45. The molecule has 4 heterocycles. The fourth-order valence-corrected chi connectivity index (χ4v) is 4.34. The van der Waals surface area contributed by atoms with E-state index < -0.39 is 0 Å². The molecule has 1 amide bonds. The van der Waals surface area contributed by atoms with Crippen molar-refractivity contribution in [1.29, 1.82) is 0 Å². The number of rotatable bonds is 2. The van der Waals surface area contributed by atoms with E-state index in [0.717, 1.165) is 38.0 Å². The molecule has 2 saturated heterocycles. The molecule has 0 aromatic carbocycles. The zero-order chi connectivity index (χ0) is 18.3. The zero-order valence-electron chi connectivity index (χ0n) is 15.6. The van der Waals surface area contributed by atoms with Crippen LogP contribution in [0.25, 0.3) is 11.1 Å². The lowest BCUT2D eigenvalue weighted by Crippen LogP contribution is -2.56. The number of fused-ring (bicyclic) bond motifs is 1. The molecule has 2 aliphatic heterocycles. The fraction of sp³-hybridized carbons (Fsp3) is 0.632. The smallest absolute Gasteiger partial charge is 0.258 e. The van der Waals surface area contributed by atoms with Crippen molar-refractivity contribution in [3.63, 3.8) is 0 Å². The van der Waals surface area contributed by atoms with Crippen LogP contribution in [0, 0.1) is 13.8 Å². The summed E-state index contributed by atoms with van der Waals surface area (Å²) >= 11 is 0. The van der Waals surface area contributed by atoms with E-state index in [9.17, 15) is 4.79 Å². The first-order chi connectivity index (χ1) is 12.5. The lowest BCUT2D eigenvalue weighted by atomic mass is 9.81. The number of hydrogen-bond acceptors (Lipinski definition) is 6. The van der Waals surface area contributed by atoms with Gasteiger partial charge in [0.25, 0.3) is 11.6 Å². The van der Waals surface area contributed by atoms with E-state index >= 15 is 0 Å². The molecule has 2 fully saturated rings. The second-order valence-electron chi connectivity index (χ2n) is 7.33. The number of amides is 1. The van der Waals surface area contributed by atoms with Crippen LogP contribution in [0.2, 0.25) is 0 Å². The fourth-order valence-electron chi connectivity index (χ4n) is 4.34.